The number of nitrogens with zero attached hydrogens (tertiary/aromatic N) is 3. The summed E-state index contributed by atoms with van der Waals surface area (Å²) in [5, 5.41) is 11.4. The molecule has 8 nitrogen and oxygen atoms in total. The number of nitro groups is 1. The molecule has 0 fully saturated rings. The summed E-state index contributed by atoms with van der Waals surface area (Å²) in [5.74, 6) is 0.119. The molecule has 1 unspecified atom stereocenters. The van der Waals surface area contributed by atoms with E-state index in [4.69, 9.17) is 0 Å². The van der Waals surface area contributed by atoms with E-state index in [1.165, 1.54) is 23.2 Å². The van der Waals surface area contributed by atoms with E-state index in [9.17, 15) is 23.9 Å². The largest absolute Gasteiger partial charge is 0.303 e. The number of fused-ring (bicyclic) bond motifs is 1. The Morgan fingerprint density at radius 1 is 1.23 bits per heavy atom. The molecule has 3 aromatic rings. The van der Waals surface area contributed by atoms with Gasteiger partial charge in [0.15, 0.2) is 6.29 Å². The highest BCUT2D eigenvalue weighted by Gasteiger charge is 2.28. The number of anilines is 1. The van der Waals surface area contributed by atoms with Crippen molar-refractivity contribution in [2.45, 2.75) is 17.9 Å². The molecule has 31 heavy (non-hydrogen) atoms. The number of hydrogen-bond acceptors (Lipinski definition) is 6. The van der Waals surface area contributed by atoms with Crippen LogP contribution in [0.3, 0.4) is 0 Å². The quantitative estimate of drug-likeness (QED) is 0.334. The molecule has 1 aromatic heterocycles. The zero-order chi connectivity index (χ0) is 22.0. The number of amides is 1. The molecule has 0 bridgehead atoms. The molecule has 156 valence electrons. The van der Waals surface area contributed by atoms with E-state index in [-0.39, 0.29) is 23.7 Å². The van der Waals surface area contributed by atoms with Crippen LogP contribution in [0.4, 0.5) is 11.4 Å². The zero-order valence-corrected chi connectivity index (χ0v) is 17.1. The average molecular weight is 435 g/mol. The lowest BCUT2D eigenvalue weighted by Crippen LogP contribution is -2.31. The first-order chi connectivity index (χ1) is 15.0. The molecular formula is C22H17N3O5S. The van der Waals surface area contributed by atoms with Gasteiger partial charge in [-0.1, -0.05) is 18.2 Å². The Labute approximate surface area is 180 Å². The second-order valence-electron chi connectivity index (χ2n) is 6.97. The van der Waals surface area contributed by atoms with Crippen LogP contribution in [-0.2, 0) is 23.8 Å². The van der Waals surface area contributed by atoms with Gasteiger partial charge in [-0.15, -0.1) is 0 Å². The van der Waals surface area contributed by atoms with E-state index in [0.717, 1.165) is 5.56 Å². The van der Waals surface area contributed by atoms with Gasteiger partial charge in [-0.25, -0.2) is 0 Å². The monoisotopic (exact) mass is 435 g/mol. The molecule has 0 aliphatic carbocycles. The molecule has 0 spiro atoms. The third-order valence-corrected chi connectivity index (χ3v) is 6.57. The van der Waals surface area contributed by atoms with Crippen LogP contribution in [0.1, 0.15) is 31.8 Å². The molecule has 2 aromatic carbocycles. The summed E-state index contributed by atoms with van der Waals surface area (Å²) in [7, 11) is -1.24. The number of hydrogen-bond donors (Lipinski definition) is 0. The van der Waals surface area contributed by atoms with Crippen molar-refractivity contribution in [3.63, 3.8) is 0 Å². The lowest BCUT2D eigenvalue weighted by molar-refractivity contribution is -0.385. The van der Waals surface area contributed by atoms with Gasteiger partial charge in [-0.3, -0.25) is 28.9 Å². The van der Waals surface area contributed by atoms with Gasteiger partial charge in [-0.05, 0) is 41.8 Å². The Morgan fingerprint density at radius 2 is 2.06 bits per heavy atom. The lowest BCUT2D eigenvalue weighted by Gasteiger charge is -2.25. The van der Waals surface area contributed by atoms with Gasteiger partial charge in [0, 0.05) is 24.2 Å². The maximum absolute atomic E-state index is 13.4. The molecule has 0 N–H and O–H groups in total. The van der Waals surface area contributed by atoms with Crippen LogP contribution in [0, 0.1) is 10.1 Å². The first kappa shape index (κ1) is 20.5. The summed E-state index contributed by atoms with van der Waals surface area (Å²) >= 11 is 0. The van der Waals surface area contributed by atoms with Gasteiger partial charge in [-0.2, -0.15) is 0 Å². The van der Waals surface area contributed by atoms with Crippen molar-refractivity contribution < 1.29 is 18.7 Å². The summed E-state index contributed by atoms with van der Waals surface area (Å²) < 4.78 is 12.7. The van der Waals surface area contributed by atoms with Gasteiger partial charge >= 0.3 is 0 Å². The first-order valence-electron chi connectivity index (χ1n) is 9.44. The highest BCUT2D eigenvalue weighted by Crippen LogP contribution is 2.34. The fourth-order valence-electron chi connectivity index (χ4n) is 3.59. The summed E-state index contributed by atoms with van der Waals surface area (Å²) in [6, 6.07) is 12.9. The van der Waals surface area contributed by atoms with Crippen molar-refractivity contribution in [3.8, 4) is 0 Å². The minimum absolute atomic E-state index is 0.00135. The molecule has 4 rings (SSSR count). The molecule has 1 amide bonds. The Bertz CT molecular complexity index is 1210. The molecule has 0 radical (unpaired) electrons. The van der Waals surface area contributed by atoms with Gasteiger partial charge in [0.1, 0.15) is 0 Å². The van der Waals surface area contributed by atoms with E-state index < -0.39 is 15.7 Å². The predicted octanol–water partition coefficient (Wildman–Crippen LogP) is 3.31. The third kappa shape index (κ3) is 3.99. The third-order valence-electron chi connectivity index (χ3n) is 5.06. The Balaban J connectivity index is 1.82. The highest BCUT2D eigenvalue weighted by molar-refractivity contribution is 7.85. The minimum atomic E-state index is -1.24. The number of aryl methyl sites for hydroxylation is 1. The fraction of sp³-hybridized carbons (Fsp3) is 0.136. The molecule has 1 atom stereocenters. The van der Waals surface area contributed by atoms with Gasteiger partial charge < -0.3 is 4.90 Å². The van der Waals surface area contributed by atoms with Gasteiger partial charge in [0.25, 0.3) is 11.6 Å². The Kier molecular flexibility index (Phi) is 5.68. The number of pyridine rings is 1. The van der Waals surface area contributed by atoms with Crippen molar-refractivity contribution >= 4 is 34.4 Å². The maximum Gasteiger partial charge on any atom is 0.280 e. The van der Waals surface area contributed by atoms with Crippen molar-refractivity contribution in [1.82, 2.24) is 4.98 Å². The average Bonchev–Trinajstić information content (AvgIpc) is 3.18. The van der Waals surface area contributed by atoms with Crippen LogP contribution in [0.5, 0.6) is 0 Å². The number of aromatic nitrogens is 1. The number of benzene rings is 2. The van der Waals surface area contributed by atoms with E-state index >= 15 is 0 Å². The molecule has 9 heteroatoms. The van der Waals surface area contributed by atoms with Crippen molar-refractivity contribution in [2.24, 2.45) is 0 Å². The highest BCUT2D eigenvalue weighted by atomic mass is 32.2. The molecular weight excluding hydrogens is 418 g/mol. The van der Waals surface area contributed by atoms with Crippen LogP contribution >= 0.6 is 0 Å². The smallest absolute Gasteiger partial charge is 0.280 e. The van der Waals surface area contributed by atoms with Gasteiger partial charge in [0.05, 0.1) is 44.0 Å². The van der Waals surface area contributed by atoms with Crippen LogP contribution in [0.25, 0.3) is 0 Å². The second-order valence-corrected chi connectivity index (χ2v) is 8.47. The minimum Gasteiger partial charge on any atom is -0.303 e. The zero-order valence-electron chi connectivity index (χ0n) is 16.3. The Hall–Kier alpha value is -3.72. The van der Waals surface area contributed by atoms with E-state index in [0.29, 0.717) is 40.2 Å². The topological polar surface area (TPSA) is 110 Å². The number of carbonyl (C=O) groups excluding carboxylic acids is 2. The molecule has 0 saturated carbocycles. The first-order valence-corrected chi connectivity index (χ1v) is 10.8. The number of rotatable bonds is 6. The lowest BCUT2D eigenvalue weighted by atomic mass is 10.1. The number of carbonyl (C=O) groups is 2. The van der Waals surface area contributed by atoms with Crippen LogP contribution in [0.15, 0.2) is 65.8 Å². The SMILES string of the molecule is O=Cc1ccc(CN(C(=O)c2cccnc2)c2cccc3c2S(=O)CC3)cc1[N+](=O)[O-]. The van der Waals surface area contributed by atoms with Crippen LogP contribution in [-0.4, -0.2) is 32.1 Å². The second kappa shape index (κ2) is 8.57. The number of aldehydes is 1. The molecule has 2 heterocycles. The van der Waals surface area contributed by atoms with Gasteiger partial charge in [0.2, 0.25) is 0 Å². The van der Waals surface area contributed by atoms with E-state index in [1.807, 2.05) is 6.07 Å². The summed E-state index contributed by atoms with van der Waals surface area (Å²) in [6.45, 7) is 0.00135. The summed E-state index contributed by atoms with van der Waals surface area (Å²) in [4.78, 5) is 41.3. The Morgan fingerprint density at radius 3 is 2.77 bits per heavy atom. The van der Waals surface area contributed by atoms with Crippen LogP contribution < -0.4 is 4.90 Å². The maximum atomic E-state index is 13.4. The summed E-state index contributed by atoms with van der Waals surface area (Å²) in [6.07, 6.45) is 4.07. The van der Waals surface area contributed by atoms with Crippen molar-refractivity contribution in [2.75, 3.05) is 10.7 Å². The summed E-state index contributed by atoms with van der Waals surface area (Å²) in [5.41, 5.74) is 1.86. The fourth-order valence-corrected chi connectivity index (χ4v) is 5.07. The van der Waals surface area contributed by atoms with Crippen molar-refractivity contribution in [3.05, 3.63) is 93.3 Å². The normalized spacial score (nSPS) is 14.6. The number of nitro benzene ring substituents is 1. The van der Waals surface area contributed by atoms with Crippen molar-refractivity contribution in [1.29, 1.82) is 0 Å². The molecule has 0 saturated heterocycles. The van der Waals surface area contributed by atoms with E-state index in [2.05, 4.69) is 4.98 Å². The molecule has 1 aliphatic heterocycles. The standard InChI is InChI=1S/C22H17N3O5S/c26-14-18-7-6-15(11-20(18)25(28)29)13-24(22(27)17-4-2-9-23-12-17)19-5-1-3-16-8-10-31(30)21(16)19/h1-7,9,11-12,14H,8,10,13H2. The molecule has 1 aliphatic rings. The van der Waals surface area contributed by atoms with E-state index in [1.54, 1.807) is 36.5 Å². The van der Waals surface area contributed by atoms with Crippen LogP contribution in [0.2, 0.25) is 0 Å². The predicted molar refractivity (Wildman–Crippen MR) is 115 cm³/mol.